The summed E-state index contributed by atoms with van der Waals surface area (Å²) in [6.07, 6.45) is 0.201. The molecule has 160 valence electrons. The number of anilines is 2. The zero-order valence-corrected chi connectivity index (χ0v) is 18.3. The Kier molecular flexibility index (Phi) is 5.55. The molecule has 0 spiro atoms. The second kappa shape index (κ2) is 8.30. The third-order valence-electron chi connectivity index (χ3n) is 5.78. The number of aromatic nitrogens is 1. The predicted octanol–water partition coefficient (Wildman–Crippen LogP) is 4.40. The van der Waals surface area contributed by atoms with Crippen LogP contribution in [0.3, 0.4) is 0 Å². The fourth-order valence-electron chi connectivity index (χ4n) is 4.14. The highest BCUT2D eigenvalue weighted by Crippen LogP contribution is 2.31. The van der Waals surface area contributed by atoms with Crippen LogP contribution >= 0.6 is 0 Å². The van der Waals surface area contributed by atoms with E-state index in [-0.39, 0.29) is 18.2 Å². The largest absolute Gasteiger partial charge is 0.497 e. The summed E-state index contributed by atoms with van der Waals surface area (Å²) in [4.78, 5) is 27.4. The Morgan fingerprint density at radius 1 is 1.03 bits per heavy atom. The third-order valence-corrected chi connectivity index (χ3v) is 5.78. The molecular formula is C25H27N3O3. The number of nitrogens with zero attached hydrogens (tertiary/aromatic N) is 2. The second-order valence-electron chi connectivity index (χ2n) is 8.07. The van der Waals surface area contributed by atoms with E-state index >= 15 is 0 Å². The molecule has 3 aromatic rings. The number of rotatable bonds is 5. The lowest BCUT2D eigenvalue weighted by atomic mass is 10.1. The van der Waals surface area contributed by atoms with E-state index in [9.17, 15) is 9.59 Å². The minimum absolute atomic E-state index is 0.0298. The van der Waals surface area contributed by atoms with Gasteiger partial charge in [0.2, 0.25) is 11.8 Å². The molecule has 2 amide bonds. The van der Waals surface area contributed by atoms with Gasteiger partial charge in [0.05, 0.1) is 24.4 Å². The second-order valence-corrected chi connectivity index (χ2v) is 8.07. The van der Waals surface area contributed by atoms with E-state index in [1.54, 1.807) is 12.0 Å². The molecule has 1 aliphatic rings. The van der Waals surface area contributed by atoms with Gasteiger partial charge in [-0.15, -0.1) is 0 Å². The number of nitrogens with one attached hydrogen (secondary N) is 1. The first-order chi connectivity index (χ1) is 14.9. The highest BCUT2D eigenvalue weighted by atomic mass is 16.5. The highest BCUT2D eigenvalue weighted by Gasteiger charge is 2.35. The highest BCUT2D eigenvalue weighted by molar-refractivity contribution is 6.04. The van der Waals surface area contributed by atoms with Crippen molar-refractivity contribution in [3.05, 3.63) is 71.5 Å². The van der Waals surface area contributed by atoms with Crippen molar-refractivity contribution in [2.45, 2.75) is 27.2 Å². The van der Waals surface area contributed by atoms with Gasteiger partial charge in [-0.3, -0.25) is 9.59 Å². The van der Waals surface area contributed by atoms with Crippen LogP contribution in [0, 0.1) is 26.7 Å². The molecule has 2 aromatic carbocycles. The lowest BCUT2D eigenvalue weighted by Gasteiger charge is -2.19. The summed E-state index contributed by atoms with van der Waals surface area (Å²) in [5.41, 5.74) is 5.57. The van der Waals surface area contributed by atoms with E-state index in [1.165, 1.54) is 0 Å². The predicted molar refractivity (Wildman–Crippen MR) is 122 cm³/mol. The Labute approximate surface area is 182 Å². The summed E-state index contributed by atoms with van der Waals surface area (Å²) >= 11 is 0. The van der Waals surface area contributed by atoms with Crippen LogP contribution in [0.4, 0.5) is 11.4 Å². The maximum atomic E-state index is 13.1. The summed E-state index contributed by atoms with van der Waals surface area (Å²) in [7, 11) is 1.62. The minimum atomic E-state index is -0.408. The molecule has 1 fully saturated rings. The van der Waals surface area contributed by atoms with E-state index < -0.39 is 5.92 Å². The van der Waals surface area contributed by atoms with Crippen LogP contribution in [-0.2, 0) is 9.59 Å². The van der Waals surface area contributed by atoms with Gasteiger partial charge in [0.1, 0.15) is 5.75 Å². The van der Waals surface area contributed by atoms with E-state index in [0.29, 0.717) is 18.0 Å². The standard InChI is InChI=1S/C25H27N3O3/c1-16-6-5-7-20(12-16)27-15-19(13-24(27)29)25(30)26-22-11-10-21(31-4)14-23(22)28-17(2)8-9-18(28)3/h5-12,14,19H,13,15H2,1-4H3,(H,26,30)/t19-/m0/s1. The van der Waals surface area contributed by atoms with Crippen molar-refractivity contribution in [3.63, 3.8) is 0 Å². The normalized spacial score (nSPS) is 15.9. The van der Waals surface area contributed by atoms with Gasteiger partial charge < -0.3 is 19.5 Å². The molecule has 1 N–H and O–H groups in total. The molecule has 31 heavy (non-hydrogen) atoms. The molecule has 0 radical (unpaired) electrons. The molecule has 4 rings (SSSR count). The summed E-state index contributed by atoms with van der Waals surface area (Å²) < 4.78 is 7.48. The fourth-order valence-corrected chi connectivity index (χ4v) is 4.14. The summed E-state index contributed by atoms with van der Waals surface area (Å²) in [5.74, 6) is 0.118. The van der Waals surface area contributed by atoms with E-state index in [4.69, 9.17) is 4.74 Å². The van der Waals surface area contributed by atoms with Gasteiger partial charge >= 0.3 is 0 Å². The molecule has 0 bridgehead atoms. The lowest BCUT2D eigenvalue weighted by molar-refractivity contribution is -0.122. The maximum Gasteiger partial charge on any atom is 0.229 e. The average molecular weight is 418 g/mol. The summed E-state index contributed by atoms with van der Waals surface area (Å²) in [6.45, 7) is 6.41. The van der Waals surface area contributed by atoms with Crippen molar-refractivity contribution in [1.82, 2.24) is 4.57 Å². The lowest BCUT2D eigenvalue weighted by Crippen LogP contribution is -2.28. The molecule has 1 saturated heterocycles. The number of carbonyl (C=O) groups excluding carboxylic acids is 2. The van der Waals surface area contributed by atoms with E-state index in [1.807, 2.05) is 75.4 Å². The number of amides is 2. The summed E-state index contributed by atoms with van der Waals surface area (Å²) in [6, 6.07) is 17.5. The first-order valence-electron chi connectivity index (χ1n) is 10.4. The first-order valence-corrected chi connectivity index (χ1v) is 10.4. The smallest absolute Gasteiger partial charge is 0.229 e. The minimum Gasteiger partial charge on any atom is -0.497 e. The number of ether oxygens (including phenoxy) is 1. The fraction of sp³-hybridized carbons (Fsp3) is 0.280. The SMILES string of the molecule is COc1ccc(NC(=O)[C@H]2CC(=O)N(c3cccc(C)c3)C2)c(-n2c(C)ccc2C)c1. The Morgan fingerprint density at radius 2 is 1.77 bits per heavy atom. The van der Waals surface area contributed by atoms with Crippen molar-refractivity contribution in [2.24, 2.45) is 5.92 Å². The van der Waals surface area contributed by atoms with Gasteiger partial charge in [-0.1, -0.05) is 12.1 Å². The molecule has 2 heterocycles. The van der Waals surface area contributed by atoms with Crippen LogP contribution in [-0.4, -0.2) is 30.0 Å². The molecule has 1 aliphatic heterocycles. The monoisotopic (exact) mass is 417 g/mol. The Balaban J connectivity index is 1.59. The van der Waals surface area contributed by atoms with E-state index in [2.05, 4.69) is 9.88 Å². The molecule has 6 heteroatoms. The summed E-state index contributed by atoms with van der Waals surface area (Å²) in [5, 5.41) is 3.06. The molecule has 0 unspecified atom stereocenters. The molecule has 6 nitrogen and oxygen atoms in total. The third kappa shape index (κ3) is 4.06. The Morgan fingerprint density at radius 3 is 2.45 bits per heavy atom. The van der Waals surface area contributed by atoms with Crippen LogP contribution < -0.4 is 15.0 Å². The van der Waals surface area contributed by atoms with Crippen molar-refractivity contribution >= 4 is 23.2 Å². The van der Waals surface area contributed by atoms with Gasteiger partial charge in [0.15, 0.2) is 0 Å². The Bertz CT molecular complexity index is 1130. The van der Waals surface area contributed by atoms with Crippen LogP contribution in [0.1, 0.15) is 23.4 Å². The van der Waals surface area contributed by atoms with E-state index in [0.717, 1.165) is 28.3 Å². The Hall–Kier alpha value is -3.54. The van der Waals surface area contributed by atoms with Gasteiger partial charge in [0, 0.05) is 36.1 Å². The number of benzene rings is 2. The van der Waals surface area contributed by atoms with Crippen molar-refractivity contribution in [2.75, 3.05) is 23.9 Å². The number of carbonyl (C=O) groups is 2. The van der Waals surface area contributed by atoms with Crippen LogP contribution in [0.25, 0.3) is 5.69 Å². The number of hydrogen-bond acceptors (Lipinski definition) is 3. The van der Waals surface area contributed by atoms with Crippen molar-refractivity contribution in [1.29, 1.82) is 0 Å². The average Bonchev–Trinajstić information content (AvgIpc) is 3.30. The van der Waals surface area contributed by atoms with Gasteiger partial charge in [-0.25, -0.2) is 0 Å². The van der Waals surface area contributed by atoms with Crippen LogP contribution in [0.5, 0.6) is 5.75 Å². The van der Waals surface area contributed by atoms with Gasteiger partial charge in [-0.05, 0) is 62.7 Å². The van der Waals surface area contributed by atoms with Gasteiger partial charge in [-0.2, -0.15) is 0 Å². The number of hydrogen-bond donors (Lipinski definition) is 1. The number of aryl methyl sites for hydroxylation is 3. The first kappa shape index (κ1) is 20.7. The zero-order valence-electron chi connectivity index (χ0n) is 18.3. The molecular weight excluding hydrogens is 390 g/mol. The van der Waals surface area contributed by atoms with Crippen molar-refractivity contribution < 1.29 is 14.3 Å². The van der Waals surface area contributed by atoms with Crippen LogP contribution in [0.2, 0.25) is 0 Å². The van der Waals surface area contributed by atoms with Crippen molar-refractivity contribution in [3.8, 4) is 11.4 Å². The topological polar surface area (TPSA) is 63.6 Å². The maximum absolute atomic E-state index is 13.1. The molecule has 1 aromatic heterocycles. The molecule has 1 atom stereocenters. The molecule has 0 saturated carbocycles. The zero-order chi connectivity index (χ0) is 22.1. The quantitative estimate of drug-likeness (QED) is 0.669. The van der Waals surface area contributed by atoms with Gasteiger partial charge in [0.25, 0.3) is 0 Å². The number of methoxy groups -OCH3 is 1. The van der Waals surface area contributed by atoms with Crippen LogP contribution in [0.15, 0.2) is 54.6 Å². The molecule has 0 aliphatic carbocycles.